The molecule has 6 heteroatoms. The minimum Gasteiger partial charge on any atom is -0.504 e. The summed E-state index contributed by atoms with van der Waals surface area (Å²) in [7, 11) is 1.51. The molecule has 0 bridgehead atoms. The van der Waals surface area contributed by atoms with E-state index in [1.54, 1.807) is 0 Å². The van der Waals surface area contributed by atoms with E-state index in [-0.39, 0.29) is 30.2 Å². The summed E-state index contributed by atoms with van der Waals surface area (Å²) in [6.07, 6.45) is 0.155. The highest BCUT2D eigenvalue weighted by atomic mass is 16.3. The lowest BCUT2D eigenvalue weighted by Crippen LogP contribution is -2.29. The number of phenols is 2. The molecule has 0 saturated heterocycles. The largest absolute Gasteiger partial charge is 0.504 e. The summed E-state index contributed by atoms with van der Waals surface area (Å²) in [5, 5.41) is 23.5. The maximum Gasteiger partial charge on any atom is 0.255 e. The Kier molecular flexibility index (Phi) is 4.33. The Morgan fingerprint density at radius 3 is 2.65 bits per heavy atom. The Morgan fingerprint density at radius 1 is 1.29 bits per heavy atom. The summed E-state index contributed by atoms with van der Waals surface area (Å²) in [6, 6.07) is 4.10. The first-order valence-corrected chi connectivity index (χ1v) is 5.06. The fourth-order valence-corrected chi connectivity index (χ4v) is 1.22. The highest BCUT2D eigenvalue weighted by Gasteiger charge is 2.13. The summed E-state index contributed by atoms with van der Waals surface area (Å²) in [5.41, 5.74) is -0.0260. The van der Waals surface area contributed by atoms with E-state index in [2.05, 4.69) is 10.6 Å². The molecule has 1 rings (SSSR count). The summed E-state index contributed by atoms with van der Waals surface area (Å²) in [4.78, 5) is 22.5. The minimum atomic E-state index is -0.540. The number of hydrogen-bond donors (Lipinski definition) is 4. The molecule has 0 atom stereocenters. The minimum absolute atomic E-state index is 0.0260. The molecule has 0 fully saturated rings. The molecule has 0 saturated carbocycles. The van der Waals surface area contributed by atoms with Crippen molar-refractivity contribution in [2.24, 2.45) is 0 Å². The van der Waals surface area contributed by atoms with Crippen molar-refractivity contribution >= 4 is 11.8 Å². The zero-order valence-electron chi connectivity index (χ0n) is 9.36. The third-order valence-electron chi connectivity index (χ3n) is 2.18. The Morgan fingerprint density at radius 2 is 2.00 bits per heavy atom. The fourth-order valence-electron chi connectivity index (χ4n) is 1.22. The first-order valence-electron chi connectivity index (χ1n) is 5.06. The first kappa shape index (κ1) is 12.8. The molecule has 0 aliphatic heterocycles. The molecule has 0 aliphatic carbocycles. The summed E-state index contributed by atoms with van der Waals surface area (Å²) >= 11 is 0. The van der Waals surface area contributed by atoms with Crippen molar-refractivity contribution < 1.29 is 19.8 Å². The molecule has 17 heavy (non-hydrogen) atoms. The molecule has 2 amide bonds. The van der Waals surface area contributed by atoms with Gasteiger partial charge in [0.15, 0.2) is 11.5 Å². The van der Waals surface area contributed by atoms with E-state index >= 15 is 0 Å². The smallest absolute Gasteiger partial charge is 0.255 e. The average Bonchev–Trinajstić information content (AvgIpc) is 2.32. The first-order chi connectivity index (χ1) is 8.06. The molecule has 0 aliphatic rings. The number of benzene rings is 1. The van der Waals surface area contributed by atoms with Gasteiger partial charge in [-0.1, -0.05) is 6.07 Å². The lowest BCUT2D eigenvalue weighted by Gasteiger charge is -2.07. The van der Waals surface area contributed by atoms with E-state index in [1.807, 2.05) is 0 Å². The predicted molar refractivity (Wildman–Crippen MR) is 60.8 cm³/mol. The van der Waals surface area contributed by atoms with Crippen LogP contribution in [0.3, 0.4) is 0 Å². The SMILES string of the molecule is CNC(=O)CCNC(=O)c1cccc(O)c1O. The third-order valence-corrected chi connectivity index (χ3v) is 2.18. The molecular weight excluding hydrogens is 224 g/mol. The van der Waals surface area contributed by atoms with Crippen molar-refractivity contribution in [1.82, 2.24) is 10.6 Å². The maximum absolute atomic E-state index is 11.6. The number of carbonyl (C=O) groups excluding carboxylic acids is 2. The van der Waals surface area contributed by atoms with Crippen LogP contribution in [0.1, 0.15) is 16.8 Å². The number of carbonyl (C=O) groups is 2. The van der Waals surface area contributed by atoms with E-state index in [1.165, 1.54) is 25.2 Å². The number of phenolic OH excluding ortho intramolecular Hbond substituents is 2. The molecule has 0 unspecified atom stereocenters. The van der Waals surface area contributed by atoms with Crippen molar-refractivity contribution in [2.75, 3.05) is 13.6 Å². The van der Waals surface area contributed by atoms with Gasteiger partial charge in [0.25, 0.3) is 5.91 Å². The van der Waals surface area contributed by atoms with Crippen molar-refractivity contribution in [1.29, 1.82) is 0 Å². The topological polar surface area (TPSA) is 98.7 Å². The van der Waals surface area contributed by atoms with Gasteiger partial charge in [0, 0.05) is 20.0 Å². The molecule has 92 valence electrons. The van der Waals surface area contributed by atoms with Crippen molar-refractivity contribution in [3.8, 4) is 11.5 Å². The summed E-state index contributed by atoms with van der Waals surface area (Å²) in [6.45, 7) is 0.160. The van der Waals surface area contributed by atoms with Crippen LogP contribution in [0.15, 0.2) is 18.2 Å². The Labute approximate surface area is 98.3 Å². The van der Waals surface area contributed by atoms with E-state index < -0.39 is 11.7 Å². The second kappa shape index (κ2) is 5.74. The fraction of sp³-hybridized carbons (Fsp3) is 0.273. The van der Waals surface area contributed by atoms with Crippen LogP contribution in [0.25, 0.3) is 0 Å². The van der Waals surface area contributed by atoms with Crippen LogP contribution in [-0.4, -0.2) is 35.6 Å². The van der Waals surface area contributed by atoms with Gasteiger partial charge < -0.3 is 20.8 Å². The molecule has 6 nitrogen and oxygen atoms in total. The van der Waals surface area contributed by atoms with E-state index in [0.29, 0.717) is 0 Å². The van der Waals surface area contributed by atoms with Crippen LogP contribution in [-0.2, 0) is 4.79 Å². The van der Waals surface area contributed by atoms with Crippen LogP contribution in [0.5, 0.6) is 11.5 Å². The zero-order valence-corrected chi connectivity index (χ0v) is 9.36. The molecule has 1 aromatic rings. The van der Waals surface area contributed by atoms with Gasteiger partial charge in [-0.05, 0) is 12.1 Å². The van der Waals surface area contributed by atoms with Crippen LogP contribution in [0, 0.1) is 0 Å². The molecule has 4 N–H and O–H groups in total. The van der Waals surface area contributed by atoms with Gasteiger partial charge >= 0.3 is 0 Å². The van der Waals surface area contributed by atoms with Gasteiger partial charge in [-0.3, -0.25) is 9.59 Å². The highest BCUT2D eigenvalue weighted by Crippen LogP contribution is 2.27. The number of para-hydroxylation sites is 1. The van der Waals surface area contributed by atoms with E-state index in [9.17, 15) is 19.8 Å². The second-order valence-electron chi connectivity index (χ2n) is 3.35. The highest BCUT2D eigenvalue weighted by molar-refractivity contribution is 5.97. The molecule has 0 heterocycles. The normalized spacial score (nSPS) is 9.71. The maximum atomic E-state index is 11.6. The second-order valence-corrected chi connectivity index (χ2v) is 3.35. The van der Waals surface area contributed by atoms with Gasteiger partial charge in [0.1, 0.15) is 0 Å². The van der Waals surface area contributed by atoms with Crippen molar-refractivity contribution in [3.63, 3.8) is 0 Å². The average molecular weight is 238 g/mol. The Bertz CT molecular complexity index is 431. The molecular formula is C11H14N2O4. The Balaban J connectivity index is 2.59. The van der Waals surface area contributed by atoms with Crippen LogP contribution < -0.4 is 10.6 Å². The van der Waals surface area contributed by atoms with Crippen molar-refractivity contribution in [2.45, 2.75) is 6.42 Å². The number of aromatic hydroxyl groups is 2. The zero-order chi connectivity index (χ0) is 12.8. The van der Waals surface area contributed by atoms with E-state index in [0.717, 1.165) is 0 Å². The standard InChI is InChI=1S/C11H14N2O4/c1-12-9(15)5-6-13-11(17)7-3-2-4-8(14)10(7)16/h2-4,14,16H,5-6H2,1H3,(H,12,15)(H,13,17). The number of rotatable bonds is 4. The van der Waals surface area contributed by atoms with Crippen LogP contribution in [0.2, 0.25) is 0 Å². The molecule has 0 radical (unpaired) electrons. The van der Waals surface area contributed by atoms with Crippen LogP contribution in [0.4, 0.5) is 0 Å². The molecule has 1 aromatic carbocycles. The molecule has 0 spiro atoms. The number of hydrogen-bond acceptors (Lipinski definition) is 4. The lowest BCUT2D eigenvalue weighted by molar-refractivity contribution is -0.120. The number of nitrogens with one attached hydrogen (secondary N) is 2. The van der Waals surface area contributed by atoms with Gasteiger partial charge in [0.05, 0.1) is 5.56 Å². The summed E-state index contributed by atoms with van der Waals surface area (Å²) in [5.74, 6) is -1.55. The van der Waals surface area contributed by atoms with Gasteiger partial charge in [0.2, 0.25) is 5.91 Å². The van der Waals surface area contributed by atoms with Gasteiger partial charge in [-0.25, -0.2) is 0 Å². The predicted octanol–water partition coefficient (Wildman–Crippen LogP) is -0.0363. The van der Waals surface area contributed by atoms with Crippen molar-refractivity contribution in [3.05, 3.63) is 23.8 Å². The Hall–Kier alpha value is -2.24. The van der Waals surface area contributed by atoms with Crippen LogP contribution >= 0.6 is 0 Å². The third kappa shape index (κ3) is 3.37. The molecule has 0 aromatic heterocycles. The summed E-state index contributed by atoms with van der Waals surface area (Å²) < 4.78 is 0. The number of amides is 2. The lowest BCUT2D eigenvalue weighted by atomic mass is 10.1. The van der Waals surface area contributed by atoms with Gasteiger partial charge in [-0.15, -0.1) is 0 Å². The van der Waals surface area contributed by atoms with Gasteiger partial charge in [-0.2, -0.15) is 0 Å². The van der Waals surface area contributed by atoms with E-state index in [4.69, 9.17) is 0 Å². The quantitative estimate of drug-likeness (QED) is 0.553. The monoisotopic (exact) mass is 238 g/mol.